The van der Waals surface area contributed by atoms with Crippen LogP contribution in [0.15, 0.2) is 55.1 Å². The van der Waals surface area contributed by atoms with Crippen LogP contribution >= 0.6 is 0 Å². The summed E-state index contributed by atoms with van der Waals surface area (Å²) in [5, 5.41) is 3.18. The van der Waals surface area contributed by atoms with E-state index < -0.39 is 16.1 Å². The number of fused-ring (bicyclic) bond motifs is 1. The van der Waals surface area contributed by atoms with Crippen molar-refractivity contribution in [2.45, 2.75) is 83.7 Å². The fourth-order valence-electron chi connectivity index (χ4n) is 5.93. The summed E-state index contributed by atoms with van der Waals surface area (Å²) >= 11 is 0. The maximum absolute atomic E-state index is 6.65. The van der Waals surface area contributed by atoms with Crippen LogP contribution in [0.5, 0.6) is 5.75 Å². The number of allylic oxidation sites excluding steroid dienone is 1. The number of hydrogen-bond acceptors (Lipinski definition) is 2. The van der Waals surface area contributed by atoms with Gasteiger partial charge in [0.05, 0.1) is 16.1 Å². The summed E-state index contributed by atoms with van der Waals surface area (Å²) in [4.78, 5) is 2.65. The van der Waals surface area contributed by atoms with E-state index in [1.165, 1.54) is 70.9 Å². The van der Waals surface area contributed by atoms with Gasteiger partial charge in [0, 0.05) is 29.9 Å². The van der Waals surface area contributed by atoms with E-state index in [1.807, 2.05) is 6.08 Å². The van der Waals surface area contributed by atoms with Crippen LogP contribution in [0.1, 0.15) is 62.3 Å². The summed E-state index contributed by atoms with van der Waals surface area (Å²) in [6, 6.07) is 14.1. The second kappa shape index (κ2) is 10.0. The molecule has 2 nitrogen and oxygen atoms in total. The van der Waals surface area contributed by atoms with Crippen LogP contribution in [-0.4, -0.2) is 40.7 Å². The third kappa shape index (κ3) is 4.79. The first kappa shape index (κ1) is 27.0. The minimum Gasteiger partial charge on any atom is -0.490 e. The fourth-order valence-corrected chi connectivity index (χ4v) is 11.6. The van der Waals surface area contributed by atoms with Crippen molar-refractivity contribution in [2.24, 2.45) is 0 Å². The summed E-state index contributed by atoms with van der Waals surface area (Å²) in [7, 11) is -3.87. The molecule has 1 unspecified atom stereocenters. The van der Waals surface area contributed by atoms with Gasteiger partial charge in [-0.05, 0) is 47.2 Å². The summed E-state index contributed by atoms with van der Waals surface area (Å²) < 4.78 is 6.65. The zero-order valence-electron chi connectivity index (χ0n) is 24.0. The number of hydrogen-bond donors (Lipinski definition) is 0. The molecule has 194 valence electrons. The molecule has 1 aliphatic heterocycles. The van der Waals surface area contributed by atoms with Crippen LogP contribution in [0.25, 0.3) is 5.70 Å². The zero-order valence-corrected chi connectivity index (χ0v) is 26.0. The lowest BCUT2D eigenvalue weighted by atomic mass is 10.1. The van der Waals surface area contributed by atoms with Crippen molar-refractivity contribution >= 4 is 32.2 Å². The normalized spacial score (nSPS) is 18.6. The second-order valence-corrected chi connectivity index (χ2v) is 22.9. The van der Waals surface area contributed by atoms with Gasteiger partial charge >= 0.3 is 0 Å². The van der Waals surface area contributed by atoms with E-state index in [9.17, 15) is 0 Å². The van der Waals surface area contributed by atoms with Gasteiger partial charge in [0.1, 0.15) is 12.4 Å². The van der Waals surface area contributed by atoms with E-state index >= 15 is 0 Å². The largest absolute Gasteiger partial charge is 0.490 e. The number of aryl methyl sites for hydroxylation is 1. The first-order valence-electron chi connectivity index (χ1n) is 13.8. The van der Waals surface area contributed by atoms with Gasteiger partial charge in [0.25, 0.3) is 0 Å². The number of ether oxygens (including phenoxy) is 1. The maximum atomic E-state index is 6.65. The Morgan fingerprint density at radius 3 is 2.28 bits per heavy atom. The highest BCUT2D eigenvalue weighted by molar-refractivity contribution is 6.95. The molecule has 0 spiro atoms. The van der Waals surface area contributed by atoms with E-state index in [0.29, 0.717) is 12.1 Å². The molecule has 1 saturated heterocycles. The smallest absolute Gasteiger partial charge is 0.118 e. The molecule has 4 rings (SSSR count). The third-order valence-corrected chi connectivity index (χ3v) is 18.5. The molecule has 1 fully saturated rings. The summed E-state index contributed by atoms with van der Waals surface area (Å²) in [5.74, 6) is 1.17. The molecule has 0 bridgehead atoms. The molecule has 2 aromatic carbocycles. The molecule has 36 heavy (non-hydrogen) atoms. The monoisotopic (exact) mass is 517 g/mol. The minimum absolute atomic E-state index is 0.233. The number of benzene rings is 2. The third-order valence-electron chi connectivity index (χ3n) is 9.19. The molecule has 1 aliphatic carbocycles. The van der Waals surface area contributed by atoms with Crippen molar-refractivity contribution in [1.82, 2.24) is 4.90 Å². The van der Waals surface area contributed by atoms with Gasteiger partial charge in [0.2, 0.25) is 0 Å². The number of nitrogens with zero attached hydrogens (tertiary/aromatic N) is 1. The average Bonchev–Trinajstić information content (AvgIpc) is 3.23. The first-order valence-corrected chi connectivity index (χ1v) is 19.9. The standard InChI is InChI=1S/C32H47NOSi2/c1-10-20-34-31-29(21-24(2)22-30(31)36(8,9)32(3,4)5)35(6,7)28-23-27(33-18-14-11-15-19-33)25-16-12-13-17-26(25)28/h10,12-13,16-17,21-23,28H,1,11,14-15,18-20H2,2-9H3. The quantitative estimate of drug-likeness (QED) is 0.281. The Bertz CT molecular complexity index is 1150. The number of piperidine rings is 1. The van der Waals surface area contributed by atoms with Gasteiger partial charge in [0.15, 0.2) is 0 Å². The Hall–Kier alpha value is -2.05. The molecule has 4 heteroatoms. The van der Waals surface area contributed by atoms with Crippen LogP contribution in [0.2, 0.25) is 31.2 Å². The number of rotatable bonds is 7. The summed E-state index contributed by atoms with van der Waals surface area (Å²) in [6.45, 7) is 26.5. The number of likely N-dealkylation sites (tertiary alicyclic amines) is 1. The fraction of sp³-hybridized carbons (Fsp3) is 0.500. The topological polar surface area (TPSA) is 12.5 Å². The molecular weight excluding hydrogens is 471 g/mol. The van der Waals surface area contributed by atoms with Crippen LogP contribution in [-0.2, 0) is 0 Å². The van der Waals surface area contributed by atoms with Gasteiger partial charge in [-0.15, -0.1) is 0 Å². The van der Waals surface area contributed by atoms with Gasteiger partial charge in [-0.25, -0.2) is 0 Å². The molecule has 0 N–H and O–H groups in total. The lowest BCUT2D eigenvalue weighted by molar-refractivity contribution is 0.326. The van der Waals surface area contributed by atoms with E-state index in [2.05, 4.69) is 108 Å². The molecule has 0 radical (unpaired) electrons. The second-order valence-electron chi connectivity index (χ2n) is 13.1. The molecule has 2 aromatic rings. The highest BCUT2D eigenvalue weighted by Crippen LogP contribution is 2.44. The molecule has 0 aromatic heterocycles. The van der Waals surface area contributed by atoms with Gasteiger partial charge in [-0.1, -0.05) is 108 Å². The Kier molecular flexibility index (Phi) is 7.51. The van der Waals surface area contributed by atoms with Crippen molar-refractivity contribution < 1.29 is 4.74 Å². The Balaban J connectivity index is 1.90. The average molecular weight is 518 g/mol. The molecule has 0 saturated carbocycles. The zero-order chi connectivity index (χ0) is 26.3. The maximum Gasteiger partial charge on any atom is 0.118 e. The van der Waals surface area contributed by atoms with Gasteiger partial charge in [-0.2, -0.15) is 0 Å². The predicted octanol–water partition coefficient (Wildman–Crippen LogP) is 7.35. The van der Waals surface area contributed by atoms with Crippen LogP contribution in [0.4, 0.5) is 0 Å². The lowest BCUT2D eigenvalue weighted by Crippen LogP contribution is -2.55. The van der Waals surface area contributed by atoms with Crippen molar-refractivity contribution in [3.63, 3.8) is 0 Å². The van der Waals surface area contributed by atoms with Crippen LogP contribution in [0.3, 0.4) is 0 Å². The molecule has 2 aliphatic rings. The Morgan fingerprint density at radius 1 is 1.00 bits per heavy atom. The molecule has 1 heterocycles. The van der Waals surface area contributed by atoms with Gasteiger partial charge < -0.3 is 9.64 Å². The van der Waals surface area contributed by atoms with Crippen LogP contribution in [0, 0.1) is 6.92 Å². The summed E-state index contributed by atoms with van der Waals surface area (Å²) in [5.41, 5.74) is 6.24. The lowest BCUT2D eigenvalue weighted by Gasteiger charge is -2.40. The SMILES string of the molecule is C=CCOc1c([Si](C)(C)C2C=C(N3CCCCC3)c3ccccc32)cc(C)cc1[Si](C)(C)C(C)(C)C. The first-order chi connectivity index (χ1) is 16.9. The van der Waals surface area contributed by atoms with Gasteiger partial charge in [-0.3, -0.25) is 0 Å². The molecule has 1 atom stereocenters. The van der Waals surface area contributed by atoms with E-state index in [-0.39, 0.29) is 5.04 Å². The Morgan fingerprint density at radius 2 is 1.64 bits per heavy atom. The Labute approximate surface area is 222 Å². The van der Waals surface area contributed by atoms with E-state index in [0.717, 1.165) is 0 Å². The van der Waals surface area contributed by atoms with E-state index in [1.54, 1.807) is 0 Å². The van der Waals surface area contributed by atoms with Crippen molar-refractivity contribution in [3.8, 4) is 5.75 Å². The molecule has 0 amide bonds. The highest BCUT2D eigenvalue weighted by Gasteiger charge is 2.45. The predicted molar refractivity (Wildman–Crippen MR) is 163 cm³/mol. The van der Waals surface area contributed by atoms with E-state index in [4.69, 9.17) is 4.74 Å². The van der Waals surface area contributed by atoms with Crippen molar-refractivity contribution in [3.05, 3.63) is 71.8 Å². The summed E-state index contributed by atoms with van der Waals surface area (Å²) in [6.07, 6.45) is 8.50. The molecular formula is C32H47NOSi2. The van der Waals surface area contributed by atoms with Crippen LogP contribution < -0.4 is 15.1 Å². The van der Waals surface area contributed by atoms with Crippen molar-refractivity contribution in [2.75, 3.05) is 19.7 Å². The minimum atomic E-state index is -2.04. The highest BCUT2D eigenvalue weighted by atomic mass is 28.3. The van der Waals surface area contributed by atoms with Crippen molar-refractivity contribution in [1.29, 1.82) is 0 Å².